The molecule has 1 amide bonds. The third-order valence-corrected chi connectivity index (χ3v) is 5.37. The van der Waals surface area contributed by atoms with E-state index in [1.165, 1.54) is 5.56 Å². The molecule has 1 aromatic carbocycles. The van der Waals surface area contributed by atoms with Gasteiger partial charge in [0.2, 0.25) is 0 Å². The smallest absolute Gasteiger partial charge is 0.254 e. The number of rotatable bonds is 2. The Balaban J connectivity index is 1.65. The van der Waals surface area contributed by atoms with E-state index in [2.05, 4.69) is 40.8 Å². The maximum Gasteiger partial charge on any atom is 0.254 e. The summed E-state index contributed by atoms with van der Waals surface area (Å²) >= 11 is 0. The summed E-state index contributed by atoms with van der Waals surface area (Å²) in [7, 11) is 0. The van der Waals surface area contributed by atoms with Gasteiger partial charge in [0.05, 0.1) is 11.7 Å². The van der Waals surface area contributed by atoms with Crippen molar-refractivity contribution in [3.8, 4) is 0 Å². The summed E-state index contributed by atoms with van der Waals surface area (Å²) in [5, 5.41) is 0. The highest BCUT2D eigenvalue weighted by molar-refractivity contribution is 5.95. The van der Waals surface area contributed by atoms with Crippen LogP contribution in [-0.2, 0) is 6.42 Å². The van der Waals surface area contributed by atoms with Crippen molar-refractivity contribution in [2.24, 2.45) is 0 Å². The van der Waals surface area contributed by atoms with Gasteiger partial charge in [-0.1, -0.05) is 26.0 Å². The number of fused-ring (bicyclic) bond motifs is 4. The van der Waals surface area contributed by atoms with Crippen LogP contribution in [0.4, 0.5) is 0 Å². The van der Waals surface area contributed by atoms with E-state index in [1.54, 1.807) is 0 Å². The molecule has 4 rings (SSSR count). The van der Waals surface area contributed by atoms with Gasteiger partial charge in [0.15, 0.2) is 0 Å². The fraction of sp³-hybridized carbons (Fsp3) is 0.450. The van der Waals surface area contributed by atoms with Gasteiger partial charge >= 0.3 is 0 Å². The monoisotopic (exact) mass is 321 g/mol. The number of carbonyl (C=O) groups excluding carboxylic acids is 1. The van der Waals surface area contributed by atoms with Gasteiger partial charge in [0.25, 0.3) is 5.91 Å². The van der Waals surface area contributed by atoms with Crippen LogP contribution < -0.4 is 0 Å². The summed E-state index contributed by atoms with van der Waals surface area (Å²) in [4.78, 5) is 24.1. The Kier molecular flexibility index (Phi) is 3.63. The van der Waals surface area contributed by atoms with E-state index in [4.69, 9.17) is 0 Å². The molecular formula is C20H23N3O. The van der Waals surface area contributed by atoms with Crippen LogP contribution in [0.1, 0.15) is 71.7 Å². The quantitative estimate of drug-likeness (QED) is 0.845. The van der Waals surface area contributed by atoms with E-state index in [1.807, 2.05) is 25.3 Å². The Morgan fingerprint density at radius 1 is 1.21 bits per heavy atom. The summed E-state index contributed by atoms with van der Waals surface area (Å²) in [5.74, 6) is 1.44. The molecule has 2 atom stereocenters. The number of hydrogen-bond acceptors (Lipinski definition) is 3. The molecule has 0 N–H and O–H groups in total. The maximum atomic E-state index is 13.1. The number of nitrogens with zero attached hydrogens (tertiary/aromatic N) is 3. The Labute approximate surface area is 142 Å². The fourth-order valence-electron chi connectivity index (χ4n) is 4.05. The van der Waals surface area contributed by atoms with Crippen molar-refractivity contribution in [3.05, 3.63) is 58.7 Å². The molecule has 4 nitrogen and oxygen atoms in total. The van der Waals surface area contributed by atoms with Crippen LogP contribution >= 0.6 is 0 Å². The Bertz CT molecular complexity index is 782. The van der Waals surface area contributed by atoms with Crippen molar-refractivity contribution in [2.75, 3.05) is 0 Å². The topological polar surface area (TPSA) is 46.1 Å². The molecule has 2 aliphatic rings. The van der Waals surface area contributed by atoms with Crippen molar-refractivity contribution in [1.29, 1.82) is 0 Å². The van der Waals surface area contributed by atoms with E-state index >= 15 is 0 Å². The highest BCUT2D eigenvalue weighted by Crippen LogP contribution is 2.43. The Hall–Kier alpha value is -2.23. The van der Waals surface area contributed by atoms with Crippen molar-refractivity contribution >= 4 is 5.91 Å². The predicted molar refractivity (Wildman–Crippen MR) is 92.9 cm³/mol. The number of aromatic nitrogens is 2. The van der Waals surface area contributed by atoms with Gasteiger partial charge in [-0.3, -0.25) is 4.79 Å². The first-order valence-corrected chi connectivity index (χ1v) is 8.79. The molecule has 124 valence electrons. The van der Waals surface area contributed by atoms with Crippen LogP contribution in [0.5, 0.6) is 0 Å². The highest BCUT2D eigenvalue weighted by Gasteiger charge is 2.43. The van der Waals surface area contributed by atoms with Crippen molar-refractivity contribution in [2.45, 2.75) is 58.0 Å². The lowest BCUT2D eigenvalue weighted by molar-refractivity contribution is 0.0643. The predicted octanol–water partition coefficient (Wildman–Crippen LogP) is 3.81. The minimum Gasteiger partial charge on any atom is -0.328 e. The lowest BCUT2D eigenvalue weighted by Crippen LogP contribution is -2.42. The lowest BCUT2D eigenvalue weighted by Gasteiger charge is -2.35. The summed E-state index contributed by atoms with van der Waals surface area (Å²) in [6.45, 7) is 6.26. The maximum absolute atomic E-state index is 13.1. The lowest BCUT2D eigenvalue weighted by atomic mass is 9.97. The minimum atomic E-state index is 0.136. The number of carbonyl (C=O) groups is 1. The molecule has 0 radical (unpaired) electrons. The first-order valence-electron chi connectivity index (χ1n) is 8.79. The molecular weight excluding hydrogens is 298 g/mol. The molecule has 0 unspecified atom stereocenters. The molecule has 2 bridgehead atoms. The van der Waals surface area contributed by atoms with Crippen LogP contribution in [0.2, 0.25) is 0 Å². The molecule has 0 saturated carbocycles. The van der Waals surface area contributed by atoms with Crippen LogP contribution in [0.25, 0.3) is 0 Å². The van der Waals surface area contributed by atoms with Crippen molar-refractivity contribution in [1.82, 2.24) is 14.9 Å². The average molecular weight is 321 g/mol. The molecule has 1 aromatic heterocycles. The van der Waals surface area contributed by atoms with Crippen LogP contribution in [0, 0.1) is 6.92 Å². The van der Waals surface area contributed by atoms with Gasteiger partial charge in [0, 0.05) is 29.8 Å². The van der Waals surface area contributed by atoms with Crippen molar-refractivity contribution in [3.63, 3.8) is 0 Å². The zero-order chi connectivity index (χ0) is 16.8. The summed E-state index contributed by atoms with van der Waals surface area (Å²) < 4.78 is 0. The van der Waals surface area contributed by atoms with Gasteiger partial charge in [-0.05, 0) is 43.4 Å². The number of aryl methyl sites for hydroxylation is 1. The second-order valence-corrected chi connectivity index (χ2v) is 7.26. The largest absolute Gasteiger partial charge is 0.328 e. The number of hydrogen-bond donors (Lipinski definition) is 0. The second kappa shape index (κ2) is 5.69. The minimum absolute atomic E-state index is 0.136. The highest BCUT2D eigenvalue weighted by atomic mass is 16.2. The molecule has 0 spiro atoms. The molecule has 2 aliphatic heterocycles. The normalized spacial score (nSPS) is 21.9. The SMILES string of the molecule is Cc1ncc2c(n1)C[C@@H]1CC[C@H]2N1C(=O)c1ccc(C(C)C)cc1. The van der Waals surface area contributed by atoms with E-state index in [9.17, 15) is 4.79 Å². The Morgan fingerprint density at radius 2 is 1.96 bits per heavy atom. The zero-order valence-electron chi connectivity index (χ0n) is 14.5. The first-order chi connectivity index (χ1) is 11.5. The van der Waals surface area contributed by atoms with Gasteiger partial charge in [-0.25, -0.2) is 9.97 Å². The van der Waals surface area contributed by atoms with E-state index in [0.717, 1.165) is 41.9 Å². The van der Waals surface area contributed by atoms with Crippen LogP contribution in [0.15, 0.2) is 30.5 Å². The summed E-state index contributed by atoms with van der Waals surface area (Å²) in [6, 6.07) is 8.50. The van der Waals surface area contributed by atoms with Gasteiger partial charge in [-0.15, -0.1) is 0 Å². The summed E-state index contributed by atoms with van der Waals surface area (Å²) in [6.07, 6.45) is 4.84. The third-order valence-electron chi connectivity index (χ3n) is 5.37. The van der Waals surface area contributed by atoms with Crippen LogP contribution in [0.3, 0.4) is 0 Å². The first kappa shape index (κ1) is 15.3. The van der Waals surface area contributed by atoms with E-state index in [-0.39, 0.29) is 18.0 Å². The Morgan fingerprint density at radius 3 is 2.67 bits per heavy atom. The third kappa shape index (κ3) is 2.41. The average Bonchev–Trinajstić information content (AvgIpc) is 2.89. The van der Waals surface area contributed by atoms with Crippen LogP contribution in [-0.4, -0.2) is 26.8 Å². The molecule has 4 heteroatoms. The molecule has 0 aliphatic carbocycles. The molecule has 3 heterocycles. The standard InChI is InChI=1S/C20H23N3O/c1-12(2)14-4-6-15(7-5-14)20(24)23-16-8-9-19(23)17-11-21-13(3)22-18(17)10-16/h4-7,11-12,16,19H,8-10H2,1-3H3/t16-,19+/m0/s1. The summed E-state index contributed by atoms with van der Waals surface area (Å²) in [5.41, 5.74) is 4.32. The fourth-order valence-corrected chi connectivity index (χ4v) is 4.05. The number of amides is 1. The van der Waals surface area contributed by atoms with Gasteiger partial charge in [0.1, 0.15) is 5.82 Å². The second-order valence-electron chi connectivity index (χ2n) is 7.26. The van der Waals surface area contributed by atoms with Crippen molar-refractivity contribution < 1.29 is 4.79 Å². The molecule has 2 aromatic rings. The van der Waals surface area contributed by atoms with E-state index in [0.29, 0.717) is 5.92 Å². The zero-order valence-corrected chi connectivity index (χ0v) is 14.5. The number of benzene rings is 1. The van der Waals surface area contributed by atoms with Gasteiger partial charge < -0.3 is 4.90 Å². The molecule has 24 heavy (non-hydrogen) atoms. The molecule has 1 saturated heterocycles. The van der Waals surface area contributed by atoms with Gasteiger partial charge in [-0.2, -0.15) is 0 Å². The van der Waals surface area contributed by atoms with E-state index < -0.39 is 0 Å². The molecule has 1 fully saturated rings.